The number of hydrogen-bond donors (Lipinski definition) is 1. The van der Waals surface area contributed by atoms with Crippen LogP contribution >= 0.6 is 11.6 Å². The number of rotatable bonds is 2. The quantitative estimate of drug-likeness (QED) is 0.863. The summed E-state index contributed by atoms with van der Waals surface area (Å²) < 4.78 is 2.59. The summed E-state index contributed by atoms with van der Waals surface area (Å²) in [4.78, 5) is 22.4. The lowest BCUT2D eigenvalue weighted by molar-refractivity contribution is 0.0696. The highest BCUT2D eigenvalue weighted by Crippen LogP contribution is 2.16. The van der Waals surface area contributed by atoms with Crippen LogP contribution in [-0.4, -0.2) is 25.4 Å². The summed E-state index contributed by atoms with van der Waals surface area (Å²) in [5.41, 5.74) is -0.0170. The molecule has 2 heterocycles. The second-order valence-electron chi connectivity index (χ2n) is 3.41. The number of hydrogen-bond acceptors (Lipinski definition) is 3. The molecule has 0 aliphatic heterocycles. The standard InChI is InChI=1S/C10H8ClN3O3/c1-13-5-7(9(11)12-13)14-4-6(10(16)17)2-3-8(14)15/h2-5H,1H3,(H,16,17). The number of pyridine rings is 1. The molecule has 2 rings (SSSR count). The van der Waals surface area contributed by atoms with Gasteiger partial charge in [0, 0.05) is 19.3 Å². The maximum atomic E-state index is 11.6. The van der Waals surface area contributed by atoms with Gasteiger partial charge in [-0.1, -0.05) is 11.6 Å². The minimum Gasteiger partial charge on any atom is -0.478 e. The third-order valence-corrected chi connectivity index (χ3v) is 2.45. The van der Waals surface area contributed by atoms with Crippen molar-refractivity contribution in [2.75, 3.05) is 0 Å². The molecule has 0 saturated heterocycles. The van der Waals surface area contributed by atoms with E-state index in [0.717, 1.165) is 4.57 Å². The molecule has 0 aromatic carbocycles. The van der Waals surface area contributed by atoms with Gasteiger partial charge in [0.05, 0.1) is 11.8 Å². The second kappa shape index (κ2) is 4.06. The molecule has 0 spiro atoms. The van der Waals surface area contributed by atoms with Crippen molar-refractivity contribution >= 4 is 17.6 Å². The van der Waals surface area contributed by atoms with Crippen molar-refractivity contribution in [3.8, 4) is 5.69 Å². The van der Waals surface area contributed by atoms with E-state index in [0.29, 0.717) is 5.69 Å². The lowest BCUT2D eigenvalue weighted by atomic mass is 10.3. The van der Waals surface area contributed by atoms with Crippen molar-refractivity contribution in [1.29, 1.82) is 0 Å². The maximum Gasteiger partial charge on any atom is 0.337 e. The van der Waals surface area contributed by atoms with Crippen molar-refractivity contribution in [3.05, 3.63) is 45.6 Å². The zero-order valence-corrected chi connectivity index (χ0v) is 9.55. The highest BCUT2D eigenvalue weighted by atomic mass is 35.5. The molecule has 2 aromatic heterocycles. The third kappa shape index (κ3) is 2.07. The first-order chi connectivity index (χ1) is 7.99. The van der Waals surface area contributed by atoms with Gasteiger partial charge in [0.1, 0.15) is 5.69 Å². The van der Waals surface area contributed by atoms with Crippen LogP contribution in [0.3, 0.4) is 0 Å². The summed E-state index contributed by atoms with van der Waals surface area (Å²) in [6, 6.07) is 2.41. The number of halogens is 1. The van der Waals surface area contributed by atoms with Crippen LogP contribution < -0.4 is 5.56 Å². The van der Waals surface area contributed by atoms with Crippen LogP contribution in [0.15, 0.2) is 29.3 Å². The lowest BCUT2D eigenvalue weighted by Crippen LogP contribution is -2.18. The molecule has 0 saturated carbocycles. The van der Waals surface area contributed by atoms with Crippen LogP contribution in [0.5, 0.6) is 0 Å². The van der Waals surface area contributed by atoms with Crippen LogP contribution in [-0.2, 0) is 7.05 Å². The first kappa shape index (κ1) is 11.4. The first-order valence-corrected chi connectivity index (χ1v) is 5.02. The Morgan fingerprint density at radius 3 is 2.65 bits per heavy atom. The van der Waals surface area contributed by atoms with E-state index in [1.54, 1.807) is 7.05 Å². The van der Waals surface area contributed by atoms with Crippen molar-refractivity contribution in [2.45, 2.75) is 0 Å². The highest BCUT2D eigenvalue weighted by molar-refractivity contribution is 6.31. The Hall–Kier alpha value is -2.08. The number of aryl methyl sites for hydroxylation is 1. The summed E-state index contributed by atoms with van der Waals surface area (Å²) in [6.07, 6.45) is 2.75. The van der Waals surface area contributed by atoms with Gasteiger partial charge in [0.2, 0.25) is 0 Å². The molecule has 6 nitrogen and oxygen atoms in total. The Balaban J connectivity index is 2.66. The van der Waals surface area contributed by atoms with E-state index >= 15 is 0 Å². The third-order valence-electron chi connectivity index (χ3n) is 2.18. The molecule has 88 valence electrons. The van der Waals surface area contributed by atoms with Gasteiger partial charge in [0.25, 0.3) is 5.56 Å². The number of carboxylic acid groups (broad SMARTS) is 1. The SMILES string of the molecule is Cn1cc(-n2cc(C(=O)O)ccc2=O)c(Cl)n1. The zero-order valence-electron chi connectivity index (χ0n) is 8.79. The lowest BCUT2D eigenvalue weighted by Gasteiger charge is -2.03. The van der Waals surface area contributed by atoms with E-state index in [1.165, 1.54) is 29.2 Å². The molecule has 0 atom stereocenters. The molecule has 0 amide bonds. The molecule has 0 unspecified atom stereocenters. The van der Waals surface area contributed by atoms with Gasteiger partial charge >= 0.3 is 5.97 Å². The summed E-state index contributed by atoms with van der Waals surface area (Å²) in [5.74, 6) is -1.11. The molecule has 2 aromatic rings. The number of aromatic nitrogens is 3. The van der Waals surface area contributed by atoms with Gasteiger partial charge in [-0.25, -0.2) is 4.79 Å². The van der Waals surface area contributed by atoms with Crippen molar-refractivity contribution in [2.24, 2.45) is 7.05 Å². The van der Waals surface area contributed by atoms with Crippen molar-refractivity contribution in [1.82, 2.24) is 14.3 Å². The zero-order chi connectivity index (χ0) is 12.6. The largest absolute Gasteiger partial charge is 0.478 e. The number of aromatic carboxylic acids is 1. The molecule has 7 heteroatoms. The molecule has 1 N–H and O–H groups in total. The Morgan fingerprint density at radius 2 is 2.12 bits per heavy atom. The van der Waals surface area contributed by atoms with E-state index in [9.17, 15) is 9.59 Å². The van der Waals surface area contributed by atoms with E-state index < -0.39 is 5.97 Å². The van der Waals surface area contributed by atoms with E-state index in [2.05, 4.69) is 5.10 Å². The van der Waals surface area contributed by atoms with Crippen LogP contribution in [0.1, 0.15) is 10.4 Å². The monoisotopic (exact) mass is 253 g/mol. The molecule has 0 radical (unpaired) electrons. The van der Waals surface area contributed by atoms with Crippen LogP contribution in [0.4, 0.5) is 0 Å². The number of carbonyl (C=O) groups is 1. The minimum atomic E-state index is -1.11. The van der Waals surface area contributed by atoms with Crippen LogP contribution in [0.2, 0.25) is 5.15 Å². The average Bonchev–Trinajstić information content (AvgIpc) is 2.58. The maximum absolute atomic E-state index is 11.6. The first-order valence-electron chi connectivity index (χ1n) is 4.64. The fourth-order valence-corrected chi connectivity index (χ4v) is 1.67. The van der Waals surface area contributed by atoms with Gasteiger partial charge in [0.15, 0.2) is 5.15 Å². The molecule has 17 heavy (non-hydrogen) atoms. The van der Waals surface area contributed by atoms with Crippen molar-refractivity contribution < 1.29 is 9.90 Å². The molecule has 0 fully saturated rings. The fourth-order valence-electron chi connectivity index (χ4n) is 1.41. The van der Waals surface area contributed by atoms with Gasteiger partial charge in [-0.2, -0.15) is 5.10 Å². The summed E-state index contributed by atoms with van der Waals surface area (Å²) in [7, 11) is 1.65. The van der Waals surface area contributed by atoms with Gasteiger partial charge in [-0.3, -0.25) is 14.0 Å². The smallest absolute Gasteiger partial charge is 0.337 e. The summed E-state index contributed by atoms with van der Waals surface area (Å²) >= 11 is 5.84. The van der Waals surface area contributed by atoms with Crippen LogP contribution in [0.25, 0.3) is 5.69 Å². The Labute approximate surface area is 101 Å². The fraction of sp³-hybridized carbons (Fsp3) is 0.100. The Kier molecular flexibility index (Phi) is 2.72. The van der Waals surface area contributed by atoms with Gasteiger partial charge in [-0.15, -0.1) is 0 Å². The minimum absolute atomic E-state index is 0.00418. The Morgan fingerprint density at radius 1 is 1.41 bits per heavy atom. The van der Waals surface area contributed by atoms with Crippen LogP contribution in [0, 0.1) is 0 Å². The normalized spacial score (nSPS) is 10.5. The molecule has 0 bridgehead atoms. The summed E-state index contributed by atoms with van der Waals surface area (Å²) in [6.45, 7) is 0. The van der Waals surface area contributed by atoms with Gasteiger partial charge < -0.3 is 5.11 Å². The molecule has 0 aliphatic rings. The number of carboxylic acids is 1. The van der Waals surface area contributed by atoms with E-state index in [4.69, 9.17) is 16.7 Å². The predicted octanol–water partition coefficient (Wildman–Crippen LogP) is 0.923. The van der Waals surface area contributed by atoms with Gasteiger partial charge in [-0.05, 0) is 6.07 Å². The number of nitrogens with zero attached hydrogens (tertiary/aromatic N) is 3. The van der Waals surface area contributed by atoms with E-state index in [-0.39, 0.29) is 16.3 Å². The molecular formula is C10H8ClN3O3. The Bertz CT molecular complexity index is 644. The average molecular weight is 254 g/mol. The highest BCUT2D eigenvalue weighted by Gasteiger charge is 2.11. The van der Waals surface area contributed by atoms with E-state index in [1.807, 2.05) is 0 Å². The topological polar surface area (TPSA) is 77.1 Å². The second-order valence-corrected chi connectivity index (χ2v) is 3.77. The predicted molar refractivity (Wildman–Crippen MR) is 60.8 cm³/mol. The summed E-state index contributed by atoms with van der Waals surface area (Å²) in [5, 5.41) is 12.9. The molecular weight excluding hydrogens is 246 g/mol. The molecule has 0 aliphatic carbocycles. The van der Waals surface area contributed by atoms with Crippen molar-refractivity contribution in [3.63, 3.8) is 0 Å².